The predicted molar refractivity (Wildman–Crippen MR) is 101 cm³/mol. The molecule has 1 unspecified atom stereocenters. The molecule has 0 radical (unpaired) electrons. The number of anilines is 1. The molecule has 2 aromatic rings. The Kier molecular flexibility index (Phi) is 6.17. The maximum atomic E-state index is 12.2. The first kappa shape index (κ1) is 19.0. The Hall–Kier alpha value is -2.38. The van der Waals surface area contributed by atoms with E-state index in [9.17, 15) is 9.59 Å². The lowest BCUT2D eigenvalue weighted by molar-refractivity contribution is -0.871. The first-order valence-electron chi connectivity index (χ1n) is 7.96. The number of hydrogen-bond donors (Lipinski definition) is 3. The second-order valence-corrected chi connectivity index (χ2v) is 7.87. The largest absolute Gasteiger partial charge is 0.481 e. The van der Waals surface area contributed by atoms with Gasteiger partial charge in [-0.3, -0.25) is 4.79 Å². The summed E-state index contributed by atoms with van der Waals surface area (Å²) in [5, 5.41) is 16.6. The molecule has 1 atom stereocenters. The SMILES string of the molecule is C[N+](C)(C)CC(CC(=O)O)NC(=O)Nc1ccc(-c2cccs2)cc1. The maximum Gasteiger partial charge on any atom is 0.319 e. The Labute approximate surface area is 151 Å². The minimum atomic E-state index is -0.931. The van der Waals surface area contributed by atoms with Gasteiger partial charge in [0.05, 0.1) is 40.2 Å². The van der Waals surface area contributed by atoms with Crippen LogP contribution >= 0.6 is 11.3 Å². The summed E-state index contributed by atoms with van der Waals surface area (Å²) in [5.74, 6) is -0.931. The lowest BCUT2D eigenvalue weighted by atomic mass is 10.1. The van der Waals surface area contributed by atoms with Gasteiger partial charge in [-0.1, -0.05) is 18.2 Å². The van der Waals surface area contributed by atoms with Gasteiger partial charge < -0.3 is 20.2 Å². The molecule has 1 aromatic heterocycles. The Balaban J connectivity index is 1.96. The molecule has 1 aromatic carbocycles. The molecule has 2 rings (SSSR count). The molecule has 0 bridgehead atoms. The number of benzene rings is 1. The van der Waals surface area contributed by atoms with E-state index in [-0.39, 0.29) is 6.42 Å². The summed E-state index contributed by atoms with van der Waals surface area (Å²) in [6, 6.07) is 10.8. The highest BCUT2D eigenvalue weighted by Crippen LogP contribution is 2.25. The van der Waals surface area contributed by atoms with Crippen LogP contribution in [0, 0.1) is 0 Å². The van der Waals surface area contributed by atoms with E-state index in [1.807, 2.05) is 62.9 Å². The fourth-order valence-corrected chi connectivity index (χ4v) is 3.28. The number of rotatable bonds is 7. The summed E-state index contributed by atoms with van der Waals surface area (Å²) in [4.78, 5) is 24.4. The predicted octanol–water partition coefficient (Wildman–Crippen LogP) is 3.09. The van der Waals surface area contributed by atoms with Crippen LogP contribution in [0.3, 0.4) is 0 Å². The van der Waals surface area contributed by atoms with Crippen LogP contribution in [-0.4, -0.2) is 55.3 Å². The Bertz CT molecular complexity index is 706. The minimum Gasteiger partial charge on any atom is -0.481 e. The summed E-state index contributed by atoms with van der Waals surface area (Å²) in [7, 11) is 5.87. The maximum absolute atomic E-state index is 12.2. The number of nitrogens with one attached hydrogen (secondary N) is 2. The van der Waals surface area contributed by atoms with E-state index in [0.29, 0.717) is 16.7 Å². The Morgan fingerprint density at radius 1 is 1.16 bits per heavy atom. The standard InChI is InChI=1S/C18H23N3O3S/c1-21(2,3)12-15(11-17(22)23)20-18(24)19-14-8-6-13(7-9-14)16-5-4-10-25-16/h4-10,15H,11-12H2,1-3H3,(H2-,19,20,22,23,24)/p+1. The third-order valence-electron chi connectivity index (χ3n) is 3.47. The molecule has 0 saturated heterocycles. The van der Waals surface area contributed by atoms with Crippen molar-refractivity contribution in [1.29, 1.82) is 0 Å². The van der Waals surface area contributed by atoms with Gasteiger partial charge in [-0.05, 0) is 29.1 Å². The van der Waals surface area contributed by atoms with Gasteiger partial charge in [0.2, 0.25) is 0 Å². The van der Waals surface area contributed by atoms with E-state index in [4.69, 9.17) is 5.11 Å². The highest BCUT2D eigenvalue weighted by molar-refractivity contribution is 7.13. The van der Waals surface area contributed by atoms with Gasteiger partial charge in [-0.25, -0.2) is 4.79 Å². The van der Waals surface area contributed by atoms with Crippen LogP contribution in [0.15, 0.2) is 41.8 Å². The number of nitrogens with zero attached hydrogens (tertiary/aromatic N) is 1. The number of carbonyl (C=O) groups is 2. The number of carbonyl (C=O) groups excluding carboxylic acids is 1. The lowest BCUT2D eigenvalue weighted by Crippen LogP contribution is -2.50. The molecule has 0 fully saturated rings. The van der Waals surface area contributed by atoms with E-state index < -0.39 is 18.0 Å². The second-order valence-electron chi connectivity index (χ2n) is 6.92. The van der Waals surface area contributed by atoms with Gasteiger partial charge >= 0.3 is 12.0 Å². The Morgan fingerprint density at radius 2 is 1.84 bits per heavy atom. The summed E-state index contributed by atoms with van der Waals surface area (Å²) in [6.07, 6.45) is -0.111. The number of amides is 2. The monoisotopic (exact) mass is 362 g/mol. The molecule has 0 aliphatic rings. The molecule has 1 heterocycles. The molecule has 2 amide bonds. The third kappa shape index (κ3) is 6.56. The van der Waals surface area contributed by atoms with Crippen molar-refractivity contribution in [2.45, 2.75) is 12.5 Å². The first-order chi connectivity index (χ1) is 11.7. The van der Waals surface area contributed by atoms with Gasteiger partial charge in [0, 0.05) is 10.6 Å². The van der Waals surface area contributed by atoms with Crippen molar-refractivity contribution in [3.05, 3.63) is 41.8 Å². The third-order valence-corrected chi connectivity index (χ3v) is 4.39. The summed E-state index contributed by atoms with van der Waals surface area (Å²) in [6.45, 7) is 0.525. The molecule has 25 heavy (non-hydrogen) atoms. The number of urea groups is 1. The van der Waals surface area contributed by atoms with Gasteiger partial charge in [-0.15, -0.1) is 11.3 Å². The summed E-state index contributed by atoms with van der Waals surface area (Å²) in [5.41, 5.74) is 1.76. The molecule has 0 aliphatic heterocycles. The van der Waals surface area contributed by atoms with Gasteiger partial charge in [0.15, 0.2) is 0 Å². The average molecular weight is 362 g/mol. The highest BCUT2D eigenvalue weighted by Gasteiger charge is 2.22. The van der Waals surface area contributed by atoms with E-state index in [1.54, 1.807) is 11.3 Å². The van der Waals surface area contributed by atoms with Gasteiger partial charge in [0.25, 0.3) is 0 Å². The molecule has 7 heteroatoms. The number of aliphatic carboxylic acids is 1. The van der Waals surface area contributed by atoms with Crippen molar-refractivity contribution in [2.75, 3.05) is 33.0 Å². The highest BCUT2D eigenvalue weighted by atomic mass is 32.1. The van der Waals surface area contributed by atoms with E-state index in [0.717, 1.165) is 5.56 Å². The van der Waals surface area contributed by atoms with Crippen LogP contribution in [-0.2, 0) is 4.79 Å². The fraction of sp³-hybridized carbons (Fsp3) is 0.333. The average Bonchev–Trinajstić information content (AvgIpc) is 2.99. The zero-order chi connectivity index (χ0) is 18.4. The number of carboxylic acid groups (broad SMARTS) is 1. The summed E-state index contributed by atoms with van der Waals surface area (Å²) >= 11 is 1.66. The molecule has 0 spiro atoms. The van der Waals surface area contributed by atoms with E-state index in [2.05, 4.69) is 10.6 Å². The topological polar surface area (TPSA) is 78.4 Å². The first-order valence-corrected chi connectivity index (χ1v) is 8.84. The number of thiophene rings is 1. The zero-order valence-corrected chi connectivity index (χ0v) is 15.5. The van der Waals surface area contributed by atoms with Crippen LogP contribution in [0.2, 0.25) is 0 Å². The number of carboxylic acids is 1. The van der Waals surface area contributed by atoms with Crippen molar-refractivity contribution >= 4 is 29.0 Å². The van der Waals surface area contributed by atoms with Crippen molar-refractivity contribution in [2.24, 2.45) is 0 Å². The Morgan fingerprint density at radius 3 is 2.36 bits per heavy atom. The second kappa shape index (κ2) is 8.13. The molecular formula is C18H24N3O3S+. The van der Waals surface area contributed by atoms with E-state index >= 15 is 0 Å². The van der Waals surface area contributed by atoms with Crippen LogP contribution < -0.4 is 10.6 Å². The molecule has 3 N–H and O–H groups in total. The normalized spacial score (nSPS) is 12.4. The number of hydrogen-bond acceptors (Lipinski definition) is 3. The quantitative estimate of drug-likeness (QED) is 0.662. The van der Waals surface area contributed by atoms with E-state index in [1.165, 1.54) is 4.88 Å². The minimum absolute atomic E-state index is 0.111. The molecule has 0 saturated carbocycles. The lowest BCUT2D eigenvalue weighted by Gasteiger charge is -2.29. The zero-order valence-electron chi connectivity index (χ0n) is 14.7. The van der Waals surface area contributed by atoms with Crippen molar-refractivity contribution in [3.63, 3.8) is 0 Å². The molecule has 0 aliphatic carbocycles. The fourth-order valence-electron chi connectivity index (χ4n) is 2.55. The molecular weight excluding hydrogens is 338 g/mol. The van der Waals surface area contributed by atoms with Crippen LogP contribution in [0.25, 0.3) is 10.4 Å². The van der Waals surface area contributed by atoms with Crippen LogP contribution in [0.4, 0.5) is 10.5 Å². The number of likely N-dealkylation sites (N-methyl/N-ethyl adjacent to an activating group) is 1. The number of quaternary nitrogens is 1. The van der Waals surface area contributed by atoms with Gasteiger partial charge in [-0.2, -0.15) is 0 Å². The van der Waals surface area contributed by atoms with Gasteiger partial charge in [0.1, 0.15) is 0 Å². The van der Waals surface area contributed by atoms with Crippen LogP contribution in [0.5, 0.6) is 0 Å². The van der Waals surface area contributed by atoms with Crippen molar-refractivity contribution in [1.82, 2.24) is 5.32 Å². The molecule has 6 nitrogen and oxygen atoms in total. The van der Waals surface area contributed by atoms with Crippen molar-refractivity contribution < 1.29 is 19.2 Å². The smallest absolute Gasteiger partial charge is 0.319 e. The molecule has 134 valence electrons. The summed E-state index contributed by atoms with van der Waals surface area (Å²) < 4.78 is 0.563. The van der Waals surface area contributed by atoms with Crippen molar-refractivity contribution in [3.8, 4) is 10.4 Å². The van der Waals surface area contributed by atoms with Crippen LogP contribution in [0.1, 0.15) is 6.42 Å².